The summed E-state index contributed by atoms with van der Waals surface area (Å²) in [7, 11) is 0. The average Bonchev–Trinajstić information content (AvgIpc) is 3.29. The minimum absolute atomic E-state index is 0.145. The largest absolute Gasteiger partial charge is 0.355 e. The molecule has 0 saturated carbocycles. The van der Waals surface area contributed by atoms with Crippen molar-refractivity contribution < 1.29 is 4.79 Å². The summed E-state index contributed by atoms with van der Waals surface area (Å²) in [6.07, 6.45) is 5.00. The molecule has 34 heavy (non-hydrogen) atoms. The summed E-state index contributed by atoms with van der Waals surface area (Å²) in [4.78, 5) is 17.8. The Kier molecular flexibility index (Phi) is 5.91. The molecule has 0 aliphatic heterocycles. The van der Waals surface area contributed by atoms with Crippen LogP contribution >= 0.6 is 11.6 Å². The summed E-state index contributed by atoms with van der Waals surface area (Å²) >= 11 is 6.22. The van der Waals surface area contributed by atoms with Gasteiger partial charge >= 0.3 is 0 Å². The molecule has 1 aliphatic carbocycles. The van der Waals surface area contributed by atoms with Crippen LogP contribution in [-0.2, 0) is 6.42 Å². The fourth-order valence-corrected chi connectivity index (χ4v) is 4.30. The van der Waals surface area contributed by atoms with Crippen LogP contribution in [0.5, 0.6) is 0 Å². The van der Waals surface area contributed by atoms with E-state index in [1.165, 1.54) is 0 Å². The Morgan fingerprint density at radius 3 is 2.62 bits per heavy atom. The Morgan fingerprint density at radius 2 is 1.79 bits per heavy atom. The number of nitrogens with one attached hydrogen (secondary N) is 2. The van der Waals surface area contributed by atoms with Gasteiger partial charge in [0.2, 0.25) is 0 Å². The summed E-state index contributed by atoms with van der Waals surface area (Å²) in [5.74, 6) is -0.145. The van der Waals surface area contributed by atoms with Crippen molar-refractivity contribution >= 4 is 40.6 Å². The zero-order valence-electron chi connectivity index (χ0n) is 19.0. The van der Waals surface area contributed by atoms with Gasteiger partial charge in [0, 0.05) is 45.2 Å². The first kappa shape index (κ1) is 21.9. The van der Waals surface area contributed by atoms with Crippen LogP contribution in [0.3, 0.4) is 0 Å². The number of allylic oxidation sites excluding steroid dienone is 1. The number of nitrogens with zero attached hydrogens (tertiary/aromatic N) is 1. The lowest BCUT2D eigenvalue weighted by Crippen LogP contribution is -2.12. The number of pyridine rings is 1. The summed E-state index contributed by atoms with van der Waals surface area (Å²) in [6.45, 7) is 4.03. The van der Waals surface area contributed by atoms with Gasteiger partial charge in [-0.3, -0.25) is 9.78 Å². The maximum absolute atomic E-state index is 12.9. The van der Waals surface area contributed by atoms with E-state index in [1.54, 1.807) is 0 Å². The molecule has 0 saturated heterocycles. The Labute approximate surface area is 204 Å². The number of halogens is 1. The first-order valence-electron chi connectivity index (χ1n) is 11.2. The van der Waals surface area contributed by atoms with E-state index in [4.69, 9.17) is 16.6 Å². The number of carbonyl (C=O) groups excluding carboxylic acids is 1. The van der Waals surface area contributed by atoms with Crippen LogP contribution in [0.2, 0.25) is 5.02 Å². The Hall–Kier alpha value is -3.89. The van der Waals surface area contributed by atoms with E-state index in [9.17, 15) is 4.79 Å². The zero-order valence-corrected chi connectivity index (χ0v) is 19.8. The SMILES string of the molecule is Cc1cccc(NC(=O)c2ccc(C)c(Nc3cc(-c4cccc(Cl)c4)nc4c3C=CC4)c2)c1. The lowest BCUT2D eigenvalue weighted by Gasteiger charge is -2.16. The number of aromatic nitrogens is 1. The Balaban J connectivity index is 1.47. The first-order chi connectivity index (χ1) is 16.5. The minimum atomic E-state index is -0.145. The molecular formula is C29H24ClN3O. The van der Waals surface area contributed by atoms with Crippen LogP contribution < -0.4 is 10.6 Å². The summed E-state index contributed by atoms with van der Waals surface area (Å²) < 4.78 is 0. The molecule has 1 amide bonds. The van der Waals surface area contributed by atoms with Crippen LogP contribution in [0.25, 0.3) is 17.3 Å². The first-order valence-corrected chi connectivity index (χ1v) is 11.6. The minimum Gasteiger partial charge on any atom is -0.355 e. The molecule has 0 radical (unpaired) electrons. The molecule has 1 aromatic heterocycles. The average molecular weight is 466 g/mol. The highest BCUT2D eigenvalue weighted by atomic mass is 35.5. The number of amides is 1. The van der Waals surface area contributed by atoms with Crippen molar-refractivity contribution in [3.63, 3.8) is 0 Å². The van der Waals surface area contributed by atoms with Crippen LogP contribution in [0.1, 0.15) is 32.7 Å². The molecule has 2 N–H and O–H groups in total. The van der Waals surface area contributed by atoms with Crippen molar-refractivity contribution in [2.24, 2.45) is 0 Å². The molecular weight excluding hydrogens is 442 g/mol. The van der Waals surface area contributed by atoms with Crippen LogP contribution in [0.4, 0.5) is 17.1 Å². The molecule has 4 nitrogen and oxygen atoms in total. The van der Waals surface area contributed by atoms with E-state index in [-0.39, 0.29) is 5.91 Å². The lowest BCUT2D eigenvalue weighted by molar-refractivity contribution is 0.102. The van der Waals surface area contributed by atoms with Crippen LogP contribution in [0, 0.1) is 13.8 Å². The van der Waals surface area contributed by atoms with Crippen molar-refractivity contribution in [3.8, 4) is 11.3 Å². The van der Waals surface area contributed by atoms with Crippen molar-refractivity contribution in [1.82, 2.24) is 4.98 Å². The zero-order chi connectivity index (χ0) is 23.7. The van der Waals surface area contributed by atoms with E-state index in [0.717, 1.165) is 57.1 Å². The fraction of sp³-hybridized carbons (Fsp3) is 0.103. The monoisotopic (exact) mass is 465 g/mol. The number of carbonyl (C=O) groups is 1. The van der Waals surface area contributed by atoms with Crippen LogP contribution in [-0.4, -0.2) is 10.9 Å². The molecule has 0 bridgehead atoms. The summed E-state index contributed by atoms with van der Waals surface area (Å²) in [6, 6.07) is 23.2. The summed E-state index contributed by atoms with van der Waals surface area (Å²) in [5, 5.41) is 7.22. The van der Waals surface area contributed by atoms with Gasteiger partial charge in [-0.1, -0.05) is 54.1 Å². The quantitative estimate of drug-likeness (QED) is 0.319. The van der Waals surface area contributed by atoms with Gasteiger partial charge in [0.1, 0.15) is 0 Å². The van der Waals surface area contributed by atoms with Crippen molar-refractivity contribution in [3.05, 3.63) is 112 Å². The van der Waals surface area contributed by atoms with Gasteiger partial charge in [0.05, 0.1) is 11.4 Å². The smallest absolute Gasteiger partial charge is 0.255 e. The third-order valence-electron chi connectivity index (χ3n) is 5.90. The highest BCUT2D eigenvalue weighted by Crippen LogP contribution is 2.34. The van der Waals surface area contributed by atoms with Crippen LogP contribution in [0.15, 0.2) is 78.9 Å². The van der Waals surface area contributed by atoms with Crippen molar-refractivity contribution in [2.75, 3.05) is 10.6 Å². The molecule has 4 aromatic rings. The Bertz CT molecular complexity index is 1440. The van der Waals surface area contributed by atoms with Crippen molar-refractivity contribution in [2.45, 2.75) is 20.3 Å². The molecule has 1 aliphatic rings. The number of anilines is 3. The molecule has 0 fully saturated rings. The second kappa shape index (κ2) is 9.16. The fourth-order valence-electron chi connectivity index (χ4n) is 4.11. The third kappa shape index (κ3) is 4.59. The second-order valence-electron chi connectivity index (χ2n) is 8.51. The number of hydrogen-bond donors (Lipinski definition) is 2. The molecule has 0 unspecified atom stereocenters. The number of rotatable bonds is 5. The number of aryl methyl sites for hydroxylation is 2. The van der Waals surface area contributed by atoms with E-state index in [0.29, 0.717) is 10.6 Å². The number of benzene rings is 3. The number of fused-ring (bicyclic) bond motifs is 1. The third-order valence-corrected chi connectivity index (χ3v) is 6.13. The van der Waals surface area contributed by atoms with Crippen molar-refractivity contribution in [1.29, 1.82) is 0 Å². The van der Waals surface area contributed by atoms with Gasteiger partial charge in [-0.25, -0.2) is 0 Å². The van der Waals surface area contributed by atoms with E-state index < -0.39 is 0 Å². The predicted molar refractivity (Wildman–Crippen MR) is 141 cm³/mol. The van der Waals surface area contributed by atoms with Gasteiger partial charge in [0.25, 0.3) is 5.91 Å². The second-order valence-corrected chi connectivity index (χ2v) is 8.95. The van der Waals surface area contributed by atoms with E-state index >= 15 is 0 Å². The van der Waals surface area contributed by atoms with Gasteiger partial charge in [-0.15, -0.1) is 0 Å². The van der Waals surface area contributed by atoms with Gasteiger partial charge in [0.15, 0.2) is 0 Å². The maximum atomic E-state index is 12.9. The molecule has 5 rings (SSSR count). The van der Waals surface area contributed by atoms with Gasteiger partial charge in [-0.2, -0.15) is 0 Å². The van der Waals surface area contributed by atoms with E-state index in [1.807, 2.05) is 86.6 Å². The standard InChI is InChI=1S/C29H24ClN3O/c1-18-6-3-9-23(14-18)31-29(34)21-13-12-19(2)26(16-21)33-28-17-27(20-7-4-8-22(30)15-20)32-25-11-5-10-24(25)28/h3-10,12-17H,11H2,1-2H3,(H,31,34)(H,32,33). The highest BCUT2D eigenvalue weighted by Gasteiger charge is 2.17. The molecule has 3 aromatic carbocycles. The molecule has 5 heteroatoms. The van der Waals surface area contributed by atoms with Gasteiger partial charge in [-0.05, 0) is 67.4 Å². The normalized spacial score (nSPS) is 11.9. The molecule has 0 spiro atoms. The molecule has 168 valence electrons. The predicted octanol–water partition coefficient (Wildman–Crippen LogP) is 7.58. The Morgan fingerprint density at radius 1 is 0.941 bits per heavy atom. The van der Waals surface area contributed by atoms with Gasteiger partial charge < -0.3 is 10.6 Å². The summed E-state index contributed by atoms with van der Waals surface area (Å²) in [5.41, 5.74) is 9.26. The highest BCUT2D eigenvalue weighted by molar-refractivity contribution is 6.30. The molecule has 1 heterocycles. The maximum Gasteiger partial charge on any atom is 0.255 e. The topological polar surface area (TPSA) is 54.0 Å². The molecule has 0 atom stereocenters. The lowest BCUT2D eigenvalue weighted by atomic mass is 10.1. The number of hydrogen-bond acceptors (Lipinski definition) is 3. The van der Waals surface area contributed by atoms with E-state index in [2.05, 4.69) is 22.8 Å².